The quantitative estimate of drug-likeness (QED) is 0.672. The smallest absolute Gasteiger partial charge is 0.284 e. The zero-order valence-corrected chi connectivity index (χ0v) is 13.9. The molecule has 1 aliphatic heterocycles. The average Bonchev–Trinajstić information content (AvgIpc) is 2.71. The third kappa shape index (κ3) is 3.00. The van der Waals surface area contributed by atoms with Crippen molar-refractivity contribution in [3.8, 4) is 0 Å². The van der Waals surface area contributed by atoms with E-state index in [0.29, 0.717) is 22.5 Å². The van der Waals surface area contributed by atoms with Crippen LogP contribution < -0.4 is 5.06 Å². The number of hydrogen-bond acceptors (Lipinski definition) is 4. The van der Waals surface area contributed by atoms with Crippen molar-refractivity contribution < 1.29 is 14.4 Å². The second-order valence-electron chi connectivity index (χ2n) is 5.96. The molecule has 2 heterocycles. The molecule has 1 amide bonds. The number of Topliss-reactive ketones (excluding diaryl/α,β-unsaturated/α-hetero) is 1. The maximum atomic E-state index is 12.8. The zero-order chi connectivity index (χ0) is 17.9. The van der Waals surface area contributed by atoms with E-state index in [9.17, 15) is 9.59 Å². The van der Waals surface area contributed by atoms with E-state index in [2.05, 4.69) is 4.98 Å². The van der Waals surface area contributed by atoms with Crippen LogP contribution in [0.25, 0.3) is 0 Å². The topological polar surface area (TPSA) is 59.5 Å². The monoisotopic (exact) mass is 344 g/mol. The molecule has 0 saturated heterocycles. The van der Waals surface area contributed by atoms with Crippen LogP contribution in [-0.4, -0.2) is 16.7 Å². The van der Waals surface area contributed by atoms with Gasteiger partial charge in [-0.05, 0) is 24.3 Å². The van der Waals surface area contributed by atoms with Crippen molar-refractivity contribution in [3.63, 3.8) is 0 Å². The summed E-state index contributed by atoms with van der Waals surface area (Å²) in [6.45, 7) is 0. The zero-order valence-electron chi connectivity index (χ0n) is 13.9. The third-order valence-electron chi connectivity index (χ3n) is 4.25. The van der Waals surface area contributed by atoms with Gasteiger partial charge in [-0.15, -0.1) is 0 Å². The van der Waals surface area contributed by atoms with Gasteiger partial charge in [-0.2, -0.15) is 5.06 Å². The number of ketones is 1. The van der Waals surface area contributed by atoms with E-state index >= 15 is 0 Å². The van der Waals surface area contributed by atoms with E-state index in [-0.39, 0.29) is 18.1 Å². The van der Waals surface area contributed by atoms with E-state index < -0.39 is 6.10 Å². The minimum absolute atomic E-state index is 0.0606. The molecule has 3 aromatic rings. The number of aromatic nitrogens is 1. The first-order valence-corrected chi connectivity index (χ1v) is 8.33. The van der Waals surface area contributed by atoms with Gasteiger partial charge >= 0.3 is 0 Å². The van der Waals surface area contributed by atoms with Crippen LogP contribution in [0.2, 0.25) is 0 Å². The Bertz CT molecular complexity index is 942. The highest BCUT2D eigenvalue weighted by molar-refractivity contribution is 6.06. The summed E-state index contributed by atoms with van der Waals surface area (Å²) in [6, 6.07) is 21.6. The van der Waals surface area contributed by atoms with Crippen molar-refractivity contribution in [1.82, 2.24) is 4.98 Å². The van der Waals surface area contributed by atoms with Gasteiger partial charge in [0.2, 0.25) is 0 Å². The Morgan fingerprint density at radius 1 is 0.962 bits per heavy atom. The molecule has 1 unspecified atom stereocenters. The van der Waals surface area contributed by atoms with Crippen LogP contribution >= 0.6 is 0 Å². The summed E-state index contributed by atoms with van der Waals surface area (Å²) >= 11 is 0. The highest BCUT2D eigenvalue weighted by Gasteiger charge is 2.35. The van der Waals surface area contributed by atoms with Crippen LogP contribution in [0.1, 0.15) is 38.9 Å². The molecule has 1 aliphatic rings. The summed E-state index contributed by atoms with van der Waals surface area (Å²) in [7, 11) is 0. The minimum atomic E-state index is -0.628. The van der Waals surface area contributed by atoms with Gasteiger partial charge in [0.25, 0.3) is 5.91 Å². The fraction of sp³-hybridized carbons (Fsp3) is 0.0952. The summed E-state index contributed by atoms with van der Waals surface area (Å²) in [4.78, 5) is 35.6. The Kier molecular flexibility index (Phi) is 4.29. The molecule has 0 spiro atoms. The van der Waals surface area contributed by atoms with Crippen molar-refractivity contribution in [2.24, 2.45) is 0 Å². The normalized spacial score (nSPS) is 16.2. The number of rotatable bonds is 4. The fourth-order valence-corrected chi connectivity index (χ4v) is 2.98. The number of para-hydroxylation sites is 1. The first-order valence-electron chi connectivity index (χ1n) is 8.33. The fourth-order valence-electron chi connectivity index (χ4n) is 2.98. The van der Waals surface area contributed by atoms with Crippen molar-refractivity contribution in [2.45, 2.75) is 12.5 Å². The number of fused-ring (bicyclic) bond motifs is 1. The Morgan fingerprint density at radius 3 is 2.38 bits per heavy atom. The standard InChI is InChI=1S/C21H16N2O3/c24-18(15-8-3-1-4-9-15)14-19-20-17(12-7-13-22-20)21(25)23(26-19)16-10-5-2-6-11-16/h1-13,19H,14H2. The van der Waals surface area contributed by atoms with Gasteiger partial charge < -0.3 is 0 Å². The molecule has 0 N–H and O–H groups in total. The molecule has 0 bridgehead atoms. The van der Waals surface area contributed by atoms with Crippen molar-refractivity contribution in [2.75, 3.05) is 5.06 Å². The number of anilines is 1. The number of carbonyl (C=O) groups excluding carboxylic acids is 2. The number of pyridine rings is 1. The number of carbonyl (C=O) groups is 2. The highest BCUT2D eigenvalue weighted by atomic mass is 16.7. The van der Waals surface area contributed by atoms with Gasteiger partial charge in [-0.3, -0.25) is 19.4 Å². The lowest BCUT2D eigenvalue weighted by molar-refractivity contribution is 0.0125. The molecule has 128 valence electrons. The number of nitrogens with zero attached hydrogens (tertiary/aromatic N) is 2. The number of benzene rings is 2. The molecular weight excluding hydrogens is 328 g/mol. The molecule has 4 rings (SSSR count). The van der Waals surface area contributed by atoms with E-state index in [1.165, 1.54) is 5.06 Å². The largest absolute Gasteiger partial charge is 0.294 e. The summed E-state index contributed by atoms with van der Waals surface area (Å²) in [6.07, 6.45) is 1.08. The lowest BCUT2D eigenvalue weighted by Crippen LogP contribution is -2.39. The van der Waals surface area contributed by atoms with Crippen molar-refractivity contribution in [3.05, 3.63) is 95.8 Å². The van der Waals surface area contributed by atoms with Gasteiger partial charge in [0, 0.05) is 18.2 Å². The first kappa shape index (κ1) is 16.2. The van der Waals surface area contributed by atoms with E-state index in [4.69, 9.17) is 4.84 Å². The first-order chi connectivity index (χ1) is 12.7. The summed E-state index contributed by atoms with van der Waals surface area (Å²) in [5.74, 6) is -0.350. The van der Waals surface area contributed by atoms with Crippen LogP contribution in [0.15, 0.2) is 79.0 Å². The Morgan fingerprint density at radius 2 is 1.65 bits per heavy atom. The van der Waals surface area contributed by atoms with Crippen LogP contribution in [0, 0.1) is 0 Å². The van der Waals surface area contributed by atoms with Crippen molar-refractivity contribution in [1.29, 1.82) is 0 Å². The summed E-state index contributed by atoms with van der Waals surface area (Å²) in [5, 5.41) is 1.24. The lowest BCUT2D eigenvalue weighted by atomic mass is 9.99. The van der Waals surface area contributed by atoms with E-state index in [1.807, 2.05) is 36.4 Å². The molecule has 26 heavy (non-hydrogen) atoms. The summed E-state index contributed by atoms with van der Waals surface area (Å²) < 4.78 is 0. The molecule has 0 fully saturated rings. The minimum Gasteiger partial charge on any atom is -0.294 e. The number of hydrogen-bond donors (Lipinski definition) is 0. The molecular formula is C21H16N2O3. The Balaban J connectivity index is 1.68. The molecule has 2 aromatic carbocycles. The van der Waals surface area contributed by atoms with E-state index in [0.717, 1.165) is 0 Å². The van der Waals surface area contributed by atoms with Crippen LogP contribution in [0.5, 0.6) is 0 Å². The van der Waals surface area contributed by atoms with Gasteiger partial charge in [-0.1, -0.05) is 48.5 Å². The molecule has 0 radical (unpaired) electrons. The average molecular weight is 344 g/mol. The van der Waals surface area contributed by atoms with Gasteiger partial charge in [0.15, 0.2) is 5.78 Å². The summed E-state index contributed by atoms with van der Waals surface area (Å²) in [5.41, 5.74) is 2.17. The second-order valence-corrected chi connectivity index (χ2v) is 5.96. The molecule has 0 saturated carbocycles. The maximum Gasteiger partial charge on any atom is 0.284 e. The van der Waals surface area contributed by atoms with Gasteiger partial charge in [0.05, 0.1) is 16.9 Å². The Labute approximate surface area is 150 Å². The number of amides is 1. The van der Waals surface area contributed by atoms with Crippen LogP contribution in [-0.2, 0) is 4.84 Å². The van der Waals surface area contributed by atoms with Gasteiger partial charge in [-0.25, -0.2) is 0 Å². The SMILES string of the molecule is O=C(CC1ON(c2ccccc2)C(=O)c2cccnc21)c1ccccc1. The van der Waals surface area contributed by atoms with E-state index in [1.54, 1.807) is 42.6 Å². The molecule has 0 aliphatic carbocycles. The van der Waals surface area contributed by atoms with Gasteiger partial charge in [0.1, 0.15) is 6.10 Å². The van der Waals surface area contributed by atoms with Crippen molar-refractivity contribution >= 4 is 17.4 Å². The van der Waals surface area contributed by atoms with Crippen LogP contribution in [0.3, 0.4) is 0 Å². The lowest BCUT2D eigenvalue weighted by Gasteiger charge is -2.32. The second kappa shape index (κ2) is 6.90. The van der Waals surface area contributed by atoms with Crippen LogP contribution in [0.4, 0.5) is 5.69 Å². The maximum absolute atomic E-state index is 12.8. The number of hydroxylamine groups is 1. The molecule has 1 atom stereocenters. The third-order valence-corrected chi connectivity index (χ3v) is 4.25. The molecule has 5 nitrogen and oxygen atoms in total. The molecule has 5 heteroatoms. The molecule has 1 aromatic heterocycles. The predicted molar refractivity (Wildman–Crippen MR) is 96.7 cm³/mol. The predicted octanol–water partition coefficient (Wildman–Crippen LogP) is 3.99. The highest BCUT2D eigenvalue weighted by Crippen LogP contribution is 2.34. The Hall–Kier alpha value is -3.31.